The quantitative estimate of drug-likeness (QED) is 0.519. The number of nitrogens with zero attached hydrogens (tertiary/aromatic N) is 2. The Morgan fingerprint density at radius 1 is 1.60 bits per heavy atom. The predicted molar refractivity (Wildman–Crippen MR) is 73.1 cm³/mol. The molecule has 1 saturated heterocycles. The van der Waals surface area contributed by atoms with Crippen LogP contribution in [0.5, 0.6) is 5.75 Å². The Labute approximate surface area is 117 Å². The van der Waals surface area contributed by atoms with Gasteiger partial charge >= 0.3 is 0 Å². The summed E-state index contributed by atoms with van der Waals surface area (Å²) in [5.74, 6) is -0.0340. The van der Waals surface area contributed by atoms with Gasteiger partial charge in [-0.25, -0.2) is 4.39 Å². The Balaban J connectivity index is 2.06. The van der Waals surface area contributed by atoms with Crippen LogP contribution in [0.4, 0.5) is 4.39 Å². The molecule has 0 aliphatic carbocycles. The molecule has 2 rings (SSSR count). The van der Waals surface area contributed by atoms with E-state index in [4.69, 9.17) is 14.7 Å². The number of hydrogen-bond acceptors (Lipinski definition) is 5. The van der Waals surface area contributed by atoms with Crippen LogP contribution < -0.4 is 4.74 Å². The fraction of sp³-hybridized carbons (Fsp3) is 0.500. The molecule has 5 nitrogen and oxygen atoms in total. The van der Waals surface area contributed by atoms with Crippen molar-refractivity contribution < 1.29 is 19.1 Å². The predicted octanol–water partition coefficient (Wildman–Crippen LogP) is 1.73. The second-order valence-corrected chi connectivity index (χ2v) is 4.89. The summed E-state index contributed by atoms with van der Waals surface area (Å²) in [5, 5.41) is 12.0. The number of ether oxygens (including phenoxy) is 2. The monoisotopic (exact) mass is 282 g/mol. The van der Waals surface area contributed by atoms with Crippen molar-refractivity contribution in [3.05, 3.63) is 29.6 Å². The van der Waals surface area contributed by atoms with E-state index in [-0.39, 0.29) is 6.10 Å². The van der Waals surface area contributed by atoms with Crippen LogP contribution in [0, 0.1) is 5.82 Å². The fourth-order valence-electron chi connectivity index (χ4n) is 2.12. The van der Waals surface area contributed by atoms with Crippen molar-refractivity contribution in [3.8, 4) is 5.75 Å². The van der Waals surface area contributed by atoms with Gasteiger partial charge in [0.15, 0.2) is 0 Å². The standard InChI is InChI=1S/C14H19FN2O3/c1-10(16-18)13-4-3-11(15)7-14(13)20-9-12-8-17(2)5-6-19-12/h3-4,7,12,18H,5-6,8-9H2,1-2H3. The first-order valence-electron chi connectivity index (χ1n) is 6.51. The molecule has 0 aromatic heterocycles. The lowest BCUT2D eigenvalue weighted by Crippen LogP contribution is -2.42. The van der Waals surface area contributed by atoms with E-state index in [2.05, 4.69) is 10.1 Å². The highest BCUT2D eigenvalue weighted by Gasteiger charge is 2.19. The molecule has 1 atom stereocenters. The van der Waals surface area contributed by atoms with Crippen LogP contribution in [0.3, 0.4) is 0 Å². The van der Waals surface area contributed by atoms with Crippen LogP contribution in [-0.2, 0) is 4.74 Å². The summed E-state index contributed by atoms with van der Waals surface area (Å²) in [6.07, 6.45) is -0.0451. The first-order chi connectivity index (χ1) is 9.60. The molecule has 1 N–H and O–H groups in total. The topological polar surface area (TPSA) is 54.3 Å². The zero-order chi connectivity index (χ0) is 14.5. The van der Waals surface area contributed by atoms with E-state index in [1.165, 1.54) is 18.2 Å². The molecule has 20 heavy (non-hydrogen) atoms. The molecule has 0 radical (unpaired) electrons. The number of likely N-dealkylation sites (N-methyl/N-ethyl adjacent to an activating group) is 1. The molecule has 1 aliphatic rings. The van der Waals surface area contributed by atoms with Crippen molar-refractivity contribution in [3.63, 3.8) is 0 Å². The van der Waals surface area contributed by atoms with Crippen molar-refractivity contribution in [2.24, 2.45) is 5.16 Å². The third kappa shape index (κ3) is 3.68. The highest BCUT2D eigenvalue weighted by Crippen LogP contribution is 2.21. The van der Waals surface area contributed by atoms with Crippen molar-refractivity contribution in [1.29, 1.82) is 0 Å². The molecule has 0 spiro atoms. The molecule has 1 aliphatic heterocycles. The van der Waals surface area contributed by atoms with E-state index >= 15 is 0 Å². The molecule has 110 valence electrons. The molecule has 1 unspecified atom stereocenters. The van der Waals surface area contributed by atoms with Gasteiger partial charge in [0.1, 0.15) is 24.3 Å². The van der Waals surface area contributed by atoms with E-state index in [9.17, 15) is 4.39 Å². The number of morpholine rings is 1. The van der Waals surface area contributed by atoms with E-state index in [1.54, 1.807) is 6.92 Å². The molecule has 0 saturated carbocycles. The Morgan fingerprint density at radius 3 is 3.10 bits per heavy atom. The Bertz CT molecular complexity index is 493. The van der Waals surface area contributed by atoms with E-state index in [0.29, 0.717) is 30.2 Å². The minimum atomic E-state index is -0.392. The number of halogens is 1. The van der Waals surface area contributed by atoms with Gasteiger partial charge in [0.05, 0.1) is 12.3 Å². The lowest BCUT2D eigenvalue weighted by Gasteiger charge is -2.30. The van der Waals surface area contributed by atoms with E-state index in [1.807, 2.05) is 7.05 Å². The largest absolute Gasteiger partial charge is 0.490 e. The molecule has 1 aromatic carbocycles. The normalized spacial score (nSPS) is 20.9. The SMILES string of the molecule is CC(=NO)c1ccc(F)cc1OCC1CN(C)CCO1. The number of oxime groups is 1. The van der Waals surface area contributed by atoms with Gasteiger partial charge < -0.3 is 19.6 Å². The average molecular weight is 282 g/mol. The third-order valence-corrected chi connectivity index (χ3v) is 3.25. The number of hydrogen-bond donors (Lipinski definition) is 1. The summed E-state index contributed by atoms with van der Waals surface area (Å²) >= 11 is 0. The van der Waals surface area contributed by atoms with Crippen LogP contribution >= 0.6 is 0 Å². The molecule has 1 heterocycles. The molecule has 0 bridgehead atoms. The first kappa shape index (κ1) is 14.7. The van der Waals surface area contributed by atoms with Gasteiger partial charge in [-0.05, 0) is 26.1 Å². The Hall–Kier alpha value is -1.66. The lowest BCUT2D eigenvalue weighted by molar-refractivity contribution is -0.0404. The second kappa shape index (κ2) is 6.67. The van der Waals surface area contributed by atoms with Crippen molar-refractivity contribution in [1.82, 2.24) is 4.90 Å². The molecular weight excluding hydrogens is 263 g/mol. The lowest BCUT2D eigenvalue weighted by atomic mass is 10.1. The van der Waals surface area contributed by atoms with Crippen molar-refractivity contribution in [2.45, 2.75) is 13.0 Å². The number of benzene rings is 1. The maximum Gasteiger partial charge on any atom is 0.131 e. The van der Waals surface area contributed by atoms with Crippen molar-refractivity contribution >= 4 is 5.71 Å². The van der Waals surface area contributed by atoms with Gasteiger partial charge in [-0.1, -0.05) is 5.16 Å². The smallest absolute Gasteiger partial charge is 0.131 e. The summed E-state index contributed by atoms with van der Waals surface area (Å²) in [5.41, 5.74) is 0.944. The summed E-state index contributed by atoms with van der Waals surface area (Å²) in [4.78, 5) is 2.16. The Kier molecular flexibility index (Phi) is 4.92. The third-order valence-electron chi connectivity index (χ3n) is 3.25. The van der Waals surface area contributed by atoms with Gasteiger partial charge in [0.2, 0.25) is 0 Å². The molecule has 6 heteroatoms. The van der Waals surface area contributed by atoms with E-state index < -0.39 is 5.82 Å². The molecule has 1 aromatic rings. The highest BCUT2D eigenvalue weighted by atomic mass is 19.1. The van der Waals surface area contributed by atoms with Crippen LogP contribution in [0.15, 0.2) is 23.4 Å². The zero-order valence-electron chi connectivity index (χ0n) is 11.7. The van der Waals surface area contributed by atoms with Crippen LogP contribution in [0.2, 0.25) is 0 Å². The number of rotatable bonds is 4. The Morgan fingerprint density at radius 2 is 2.40 bits per heavy atom. The summed E-state index contributed by atoms with van der Waals surface area (Å²) in [7, 11) is 2.02. The summed E-state index contributed by atoms with van der Waals surface area (Å²) in [6.45, 7) is 4.30. The highest BCUT2D eigenvalue weighted by molar-refractivity contribution is 6.00. The summed E-state index contributed by atoms with van der Waals surface area (Å²) in [6, 6.07) is 4.13. The zero-order valence-corrected chi connectivity index (χ0v) is 11.7. The van der Waals surface area contributed by atoms with Gasteiger partial charge in [-0.15, -0.1) is 0 Å². The summed E-state index contributed by atoms with van der Waals surface area (Å²) < 4.78 is 24.6. The first-order valence-corrected chi connectivity index (χ1v) is 6.51. The maximum absolute atomic E-state index is 13.3. The van der Waals surface area contributed by atoms with Crippen LogP contribution in [-0.4, -0.2) is 55.3 Å². The van der Waals surface area contributed by atoms with E-state index in [0.717, 1.165) is 13.1 Å². The van der Waals surface area contributed by atoms with Crippen LogP contribution in [0.1, 0.15) is 12.5 Å². The van der Waals surface area contributed by atoms with Crippen LogP contribution in [0.25, 0.3) is 0 Å². The molecule has 1 fully saturated rings. The van der Waals surface area contributed by atoms with Gasteiger partial charge in [-0.2, -0.15) is 0 Å². The van der Waals surface area contributed by atoms with Gasteiger partial charge in [-0.3, -0.25) is 0 Å². The van der Waals surface area contributed by atoms with Crippen molar-refractivity contribution in [2.75, 3.05) is 33.4 Å². The van der Waals surface area contributed by atoms with Gasteiger partial charge in [0, 0.05) is 24.7 Å². The van der Waals surface area contributed by atoms with Gasteiger partial charge in [0.25, 0.3) is 0 Å². The molecular formula is C14H19FN2O3. The molecule has 0 amide bonds. The fourth-order valence-corrected chi connectivity index (χ4v) is 2.12. The maximum atomic E-state index is 13.3. The minimum Gasteiger partial charge on any atom is -0.490 e. The average Bonchev–Trinajstić information content (AvgIpc) is 2.44. The minimum absolute atomic E-state index is 0.0451. The second-order valence-electron chi connectivity index (χ2n) is 4.89.